The van der Waals surface area contributed by atoms with Crippen LogP contribution < -0.4 is 10.1 Å². The van der Waals surface area contributed by atoms with Gasteiger partial charge in [-0.1, -0.05) is 68.4 Å². The third-order valence-corrected chi connectivity index (χ3v) is 6.36. The van der Waals surface area contributed by atoms with Crippen LogP contribution in [0.3, 0.4) is 0 Å². The molecular formula is C27H31NO. The molecule has 0 aromatic heterocycles. The quantitative estimate of drug-likeness (QED) is 0.517. The summed E-state index contributed by atoms with van der Waals surface area (Å²) in [5.74, 6) is 1.93. The second-order valence-electron chi connectivity index (χ2n) is 8.52. The van der Waals surface area contributed by atoms with Crippen molar-refractivity contribution < 1.29 is 4.74 Å². The highest BCUT2D eigenvalue weighted by Gasteiger charge is 2.31. The van der Waals surface area contributed by atoms with E-state index in [9.17, 15) is 0 Å². The van der Waals surface area contributed by atoms with Crippen molar-refractivity contribution >= 4 is 5.69 Å². The second-order valence-corrected chi connectivity index (χ2v) is 8.52. The van der Waals surface area contributed by atoms with E-state index >= 15 is 0 Å². The van der Waals surface area contributed by atoms with E-state index in [0.29, 0.717) is 11.8 Å². The maximum atomic E-state index is 6.23. The Kier molecular flexibility index (Phi) is 5.36. The zero-order valence-corrected chi connectivity index (χ0v) is 18.2. The van der Waals surface area contributed by atoms with Crippen molar-refractivity contribution in [1.82, 2.24) is 0 Å². The van der Waals surface area contributed by atoms with Gasteiger partial charge in [0.2, 0.25) is 0 Å². The summed E-state index contributed by atoms with van der Waals surface area (Å²) < 4.78 is 6.23. The van der Waals surface area contributed by atoms with Gasteiger partial charge >= 0.3 is 0 Å². The van der Waals surface area contributed by atoms with Gasteiger partial charge in [0.25, 0.3) is 0 Å². The van der Waals surface area contributed by atoms with Gasteiger partial charge in [0.1, 0.15) is 5.75 Å². The van der Waals surface area contributed by atoms with Crippen LogP contribution in [0.1, 0.15) is 64.6 Å². The number of ether oxygens (including phenoxy) is 1. The molecule has 1 unspecified atom stereocenters. The monoisotopic (exact) mass is 385 g/mol. The van der Waals surface area contributed by atoms with E-state index < -0.39 is 0 Å². The smallest absolute Gasteiger partial charge is 0.126 e. The fraction of sp³-hybridized carbons (Fsp3) is 0.333. The Balaban J connectivity index is 1.70. The van der Waals surface area contributed by atoms with Crippen LogP contribution in [0.5, 0.6) is 5.75 Å². The van der Waals surface area contributed by atoms with Gasteiger partial charge in [-0.2, -0.15) is 0 Å². The molecule has 0 amide bonds. The molecule has 0 saturated heterocycles. The Hall–Kier alpha value is -2.74. The highest BCUT2D eigenvalue weighted by atomic mass is 16.5. The minimum atomic E-state index is 0.294. The lowest BCUT2D eigenvalue weighted by Gasteiger charge is -2.21. The lowest BCUT2D eigenvalue weighted by molar-refractivity contribution is 0.341. The Morgan fingerprint density at radius 3 is 2.24 bits per heavy atom. The zero-order valence-electron chi connectivity index (χ0n) is 18.2. The maximum Gasteiger partial charge on any atom is 0.126 e. The molecule has 1 atom stereocenters. The minimum absolute atomic E-state index is 0.294. The summed E-state index contributed by atoms with van der Waals surface area (Å²) in [6.07, 6.45) is 0. The van der Waals surface area contributed by atoms with Crippen molar-refractivity contribution in [1.29, 1.82) is 0 Å². The first-order valence-electron chi connectivity index (χ1n) is 10.6. The summed E-state index contributed by atoms with van der Waals surface area (Å²) in [6.45, 7) is 12.7. The second kappa shape index (κ2) is 7.94. The molecule has 4 rings (SSSR count). The van der Waals surface area contributed by atoms with Gasteiger partial charge in [0.05, 0.1) is 6.61 Å². The molecule has 0 aliphatic carbocycles. The molecule has 29 heavy (non-hydrogen) atoms. The molecule has 0 bridgehead atoms. The predicted molar refractivity (Wildman–Crippen MR) is 122 cm³/mol. The van der Waals surface area contributed by atoms with E-state index in [-0.39, 0.29) is 0 Å². The van der Waals surface area contributed by atoms with Crippen molar-refractivity contribution in [2.24, 2.45) is 0 Å². The molecule has 1 N–H and O–H groups in total. The van der Waals surface area contributed by atoms with Crippen LogP contribution in [-0.2, 0) is 6.54 Å². The summed E-state index contributed by atoms with van der Waals surface area (Å²) in [5.41, 5.74) is 10.5. The highest BCUT2D eigenvalue weighted by molar-refractivity contribution is 5.70. The summed E-state index contributed by atoms with van der Waals surface area (Å²) in [4.78, 5) is 0. The largest absolute Gasteiger partial charge is 0.492 e. The fourth-order valence-corrected chi connectivity index (χ4v) is 4.43. The number of nitrogens with one attached hydrogen (secondary N) is 1. The van der Waals surface area contributed by atoms with Gasteiger partial charge in [-0.05, 0) is 60.1 Å². The fourth-order valence-electron chi connectivity index (χ4n) is 4.43. The lowest BCUT2D eigenvalue weighted by Crippen LogP contribution is -2.08. The van der Waals surface area contributed by atoms with Gasteiger partial charge in [-0.3, -0.25) is 0 Å². The van der Waals surface area contributed by atoms with Crippen LogP contribution in [0, 0.1) is 20.8 Å². The standard InChI is InChI=1S/C27H31NO/c1-17(2)22-11-13-23(14-12-22)24-16-29-27-19(4)18(3)26(20(5)25(24)27)28-15-21-9-7-6-8-10-21/h6-14,17,24,28H,15-16H2,1-5H3. The Bertz CT molecular complexity index is 1000. The van der Waals surface area contributed by atoms with Crippen LogP contribution in [0.15, 0.2) is 54.6 Å². The first-order valence-corrected chi connectivity index (χ1v) is 10.6. The van der Waals surface area contributed by atoms with Gasteiger partial charge in [-0.15, -0.1) is 0 Å². The van der Waals surface area contributed by atoms with Crippen LogP contribution in [0.25, 0.3) is 0 Å². The van der Waals surface area contributed by atoms with Crippen LogP contribution in [-0.4, -0.2) is 6.61 Å². The normalized spacial score (nSPS) is 15.3. The summed E-state index contributed by atoms with van der Waals surface area (Å²) in [6, 6.07) is 19.7. The lowest BCUT2D eigenvalue weighted by atomic mass is 9.85. The van der Waals surface area contributed by atoms with Crippen molar-refractivity contribution in [2.45, 2.75) is 53.0 Å². The highest BCUT2D eigenvalue weighted by Crippen LogP contribution is 2.46. The molecule has 1 heterocycles. The molecule has 150 valence electrons. The van der Waals surface area contributed by atoms with E-state index in [4.69, 9.17) is 4.74 Å². The maximum absolute atomic E-state index is 6.23. The first kappa shape index (κ1) is 19.6. The zero-order chi connectivity index (χ0) is 20.5. The predicted octanol–water partition coefficient (Wildman–Crippen LogP) is 6.87. The minimum Gasteiger partial charge on any atom is -0.492 e. The third kappa shape index (κ3) is 3.64. The third-order valence-electron chi connectivity index (χ3n) is 6.36. The van der Waals surface area contributed by atoms with Gasteiger partial charge in [0.15, 0.2) is 0 Å². The van der Waals surface area contributed by atoms with Crippen molar-refractivity contribution in [3.63, 3.8) is 0 Å². The molecule has 0 saturated carbocycles. The van der Waals surface area contributed by atoms with E-state index in [1.54, 1.807) is 0 Å². The molecule has 3 aromatic carbocycles. The number of hydrogen-bond donors (Lipinski definition) is 1. The van der Waals surface area contributed by atoms with Gasteiger partial charge in [0, 0.05) is 23.7 Å². The summed E-state index contributed by atoms with van der Waals surface area (Å²) >= 11 is 0. The number of rotatable bonds is 5. The molecule has 3 aromatic rings. The number of anilines is 1. The van der Waals surface area contributed by atoms with Crippen molar-refractivity contribution in [2.75, 3.05) is 11.9 Å². The number of benzene rings is 3. The van der Waals surface area contributed by atoms with Crippen LogP contribution in [0.4, 0.5) is 5.69 Å². The van der Waals surface area contributed by atoms with Crippen molar-refractivity contribution in [3.8, 4) is 5.75 Å². The van der Waals surface area contributed by atoms with E-state index in [1.807, 2.05) is 0 Å². The van der Waals surface area contributed by atoms with E-state index in [2.05, 4.69) is 94.5 Å². The van der Waals surface area contributed by atoms with Gasteiger partial charge < -0.3 is 10.1 Å². The van der Waals surface area contributed by atoms with Crippen molar-refractivity contribution in [3.05, 3.63) is 93.5 Å². The van der Waals surface area contributed by atoms with E-state index in [0.717, 1.165) is 18.9 Å². The van der Waals surface area contributed by atoms with Gasteiger partial charge in [-0.25, -0.2) is 0 Å². The molecule has 2 nitrogen and oxygen atoms in total. The SMILES string of the molecule is Cc1c(C)c2c(c(C)c1NCc1ccccc1)C(c1ccc(C(C)C)cc1)CO2. The molecule has 0 radical (unpaired) electrons. The first-order chi connectivity index (χ1) is 14.0. The average molecular weight is 386 g/mol. The average Bonchev–Trinajstić information content (AvgIpc) is 3.18. The van der Waals surface area contributed by atoms with Crippen LogP contribution in [0.2, 0.25) is 0 Å². The molecule has 2 heteroatoms. The molecular weight excluding hydrogens is 354 g/mol. The Labute approximate surface area is 174 Å². The molecule has 1 aliphatic rings. The van der Waals surface area contributed by atoms with E-state index in [1.165, 1.54) is 44.6 Å². The Morgan fingerprint density at radius 1 is 0.897 bits per heavy atom. The Morgan fingerprint density at radius 2 is 1.59 bits per heavy atom. The molecule has 1 aliphatic heterocycles. The van der Waals surface area contributed by atoms with Crippen LogP contribution >= 0.6 is 0 Å². The molecule has 0 spiro atoms. The number of hydrogen-bond acceptors (Lipinski definition) is 2. The number of fused-ring (bicyclic) bond motifs is 1. The molecule has 0 fully saturated rings. The summed E-state index contributed by atoms with van der Waals surface area (Å²) in [5, 5.41) is 3.71. The summed E-state index contributed by atoms with van der Waals surface area (Å²) in [7, 11) is 0. The topological polar surface area (TPSA) is 21.3 Å².